The van der Waals surface area contributed by atoms with Crippen LogP contribution in [0, 0.1) is 0 Å². The monoisotopic (exact) mass is 312 g/mol. The van der Waals surface area contributed by atoms with Crippen LogP contribution in [0.1, 0.15) is 22.1 Å². The van der Waals surface area contributed by atoms with E-state index in [4.69, 9.17) is 9.47 Å². The first-order valence-electron chi connectivity index (χ1n) is 6.16. The Morgan fingerprint density at radius 2 is 2.10 bits per heavy atom. The molecular formula is C15H11F3O2S. The summed E-state index contributed by atoms with van der Waals surface area (Å²) in [4.78, 5) is 0.842. The summed E-state index contributed by atoms with van der Waals surface area (Å²) in [5, 5.41) is 1.86. The highest BCUT2D eigenvalue weighted by Gasteiger charge is 2.48. The first kappa shape index (κ1) is 14.0. The van der Waals surface area contributed by atoms with Crippen molar-refractivity contribution in [3.8, 4) is 5.75 Å². The quantitative estimate of drug-likeness (QED) is 0.786. The van der Waals surface area contributed by atoms with Crippen molar-refractivity contribution in [2.45, 2.75) is 12.3 Å². The second-order valence-electron chi connectivity index (χ2n) is 4.52. The van der Waals surface area contributed by atoms with Gasteiger partial charge in [0.1, 0.15) is 11.5 Å². The number of benzene rings is 1. The Kier molecular flexibility index (Phi) is 3.41. The molecule has 0 spiro atoms. The zero-order valence-corrected chi connectivity index (χ0v) is 11.8. The molecule has 0 bridgehead atoms. The van der Waals surface area contributed by atoms with Crippen molar-refractivity contribution < 1.29 is 22.6 Å². The lowest BCUT2D eigenvalue weighted by atomic mass is 10.0. The number of fused-ring (bicyclic) bond motifs is 1. The summed E-state index contributed by atoms with van der Waals surface area (Å²) in [6.45, 7) is 0. The second kappa shape index (κ2) is 5.11. The Morgan fingerprint density at radius 3 is 2.71 bits per heavy atom. The van der Waals surface area contributed by atoms with Gasteiger partial charge < -0.3 is 9.47 Å². The van der Waals surface area contributed by atoms with Crippen LogP contribution < -0.4 is 4.74 Å². The number of hydrogen-bond acceptors (Lipinski definition) is 3. The predicted octanol–water partition coefficient (Wildman–Crippen LogP) is 4.89. The van der Waals surface area contributed by atoms with Gasteiger partial charge >= 0.3 is 6.18 Å². The molecule has 0 saturated heterocycles. The average Bonchev–Trinajstić information content (AvgIpc) is 3.06. The third kappa shape index (κ3) is 2.63. The van der Waals surface area contributed by atoms with Crippen molar-refractivity contribution in [2.24, 2.45) is 0 Å². The fraction of sp³-hybridized carbons (Fsp3) is 0.200. The summed E-state index contributed by atoms with van der Waals surface area (Å²) >= 11 is 1.44. The van der Waals surface area contributed by atoms with Crippen LogP contribution in [0.4, 0.5) is 13.2 Å². The number of ether oxygens (including phenoxy) is 2. The molecule has 0 aliphatic carbocycles. The van der Waals surface area contributed by atoms with Crippen molar-refractivity contribution >= 4 is 23.2 Å². The van der Waals surface area contributed by atoms with Crippen LogP contribution in [-0.4, -0.2) is 13.3 Å². The van der Waals surface area contributed by atoms with Crippen LogP contribution in [-0.2, 0) is 4.74 Å². The van der Waals surface area contributed by atoms with E-state index >= 15 is 0 Å². The maximum Gasteiger partial charge on any atom is 0.429 e. The lowest BCUT2D eigenvalue weighted by Crippen LogP contribution is -2.19. The van der Waals surface area contributed by atoms with E-state index in [-0.39, 0.29) is 11.3 Å². The van der Waals surface area contributed by atoms with Crippen LogP contribution in [0.2, 0.25) is 0 Å². The molecule has 1 atom stereocenters. The number of thiophene rings is 1. The molecule has 0 radical (unpaired) electrons. The Labute approximate surface area is 123 Å². The van der Waals surface area contributed by atoms with E-state index in [0.717, 1.165) is 4.88 Å². The van der Waals surface area contributed by atoms with Gasteiger partial charge in [0.25, 0.3) is 0 Å². The van der Waals surface area contributed by atoms with Gasteiger partial charge in [-0.05, 0) is 35.7 Å². The third-order valence-electron chi connectivity index (χ3n) is 3.17. The van der Waals surface area contributed by atoms with E-state index in [9.17, 15) is 13.2 Å². The SMILES string of the molecule is COc1ccc2c(c1)C(C(F)(F)F)O/C2=C\c1cccs1. The largest absolute Gasteiger partial charge is 0.497 e. The summed E-state index contributed by atoms with van der Waals surface area (Å²) in [5.74, 6) is 0.612. The fourth-order valence-electron chi connectivity index (χ4n) is 2.22. The van der Waals surface area contributed by atoms with Gasteiger partial charge in [-0.2, -0.15) is 13.2 Å². The van der Waals surface area contributed by atoms with Gasteiger partial charge in [0.2, 0.25) is 6.10 Å². The summed E-state index contributed by atoms with van der Waals surface area (Å²) in [6, 6.07) is 8.26. The van der Waals surface area contributed by atoms with Crippen molar-refractivity contribution in [1.82, 2.24) is 0 Å². The molecule has 3 rings (SSSR count). The molecule has 0 fully saturated rings. The summed E-state index contributed by atoms with van der Waals surface area (Å²) in [7, 11) is 1.42. The van der Waals surface area contributed by atoms with Gasteiger partial charge in [0.05, 0.1) is 7.11 Å². The highest BCUT2D eigenvalue weighted by atomic mass is 32.1. The normalized spacial score (nSPS) is 19.4. The first-order chi connectivity index (χ1) is 9.99. The number of alkyl halides is 3. The molecule has 1 aromatic carbocycles. The minimum Gasteiger partial charge on any atom is -0.497 e. The zero-order valence-electron chi connectivity index (χ0n) is 11.0. The summed E-state index contributed by atoms with van der Waals surface area (Å²) < 4.78 is 49.6. The fourth-order valence-corrected chi connectivity index (χ4v) is 2.87. The molecule has 0 amide bonds. The van der Waals surface area contributed by atoms with Crippen molar-refractivity contribution in [3.63, 3.8) is 0 Å². The molecule has 6 heteroatoms. The molecule has 110 valence electrons. The van der Waals surface area contributed by atoms with Crippen molar-refractivity contribution in [1.29, 1.82) is 0 Å². The lowest BCUT2D eigenvalue weighted by Gasteiger charge is -2.15. The topological polar surface area (TPSA) is 18.5 Å². The molecule has 2 nitrogen and oxygen atoms in total. The van der Waals surface area contributed by atoms with E-state index in [0.29, 0.717) is 11.3 Å². The molecule has 1 aromatic heterocycles. The van der Waals surface area contributed by atoms with E-state index in [2.05, 4.69) is 0 Å². The van der Waals surface area contributed by atoms with Gasteiger partial charge in [-0.25, -0.2) is 0 Å². The highest BCUT2D eigenvalue weighted by Crippen LogP contribution is 2.48. The van der Waals surface area contributed by atoms with Crippen molar-refractivity contribution in [2.75, 3.05) is 7.11 Å². The maximum absolute atomic E-state index is 13.1. The van der Waals surface area contributed by atoms with Crippen LogP contribution in [0.3, 0.4) is 0 Å². The Morgan fingerprint density at radius 1 is 1.29 bits per heavy atom. The average molecular weight is 312 g/mol. The van der Waals surface area contributed by atoms with Gasteiger partial charge in [0, 0.05) is 16.0 Å². The molecule has 0 saturated carbocycles. The van der Waals surface area contributed by atoms with E-state index in [1.54, 1.807) is 18.2 Å². The molecule has 2 aromatic rings. The summed E-state index contributed by atoms with van der Waals surface area (Å²) in [5.41, 5.74) is 0.538. The zero-order chi connectivity index (χ0) is 15.0. The van der Waals surface area contributed by atoms with E-state index in [1.165, 1.54) is 24.5 Å². The lowest BCUT2D eigenvalue weighted by molar-refractivity contribution is -0.201. The number of halogens is 3. The number of rotatable bonds is 2. The van der Waals surface area contributed by atoms with Gasteiger partial charge in [-0.15, -0.1) is 11.3 Å². The predicted molar refractivity (Wildman–Crippen MR) is 75.1 cm³/mol. The van der Waals surface area contributed by atoms with Crippen LogP contribution >= 0.6 is 11.3 Å². The Hall–Kier alpha value is -1.95. The smallest absolute Gasteiger partial charge is 0.429 e. The molecule has 0 N–H and O–H groups in total. The molecular weight excluding hydrogens is 301 g/mol. The maximum atomic E-state index is 13.1. The minimum atomic E-state index is -4.47. The van der Waals surface area contributed by atoms with Gasteiger partial charge in [-0.1, -0.05) is 6.07 Å². The Balaban J connectivity index is 2.09. The second-order valence-corrected chi connectivity index (χ2v) is 5.50. The third-order valence-corrected chi connectivity index (χ3v) is 3.98. The van der Waals surface area contributed by atoms with Crippen LogP contribution in [0.15, 0.2) is 35.7 Å². The molecule has 1 aliphatic heterocycles. The van der Waals surface area contributed by atoms with Gasteiger partial charge in [-0.3, -0.25) is 0 Å². The molecule has 21 heavy (non-hydrogen) atoms. The molecule has 2 heterocycles. The number of hydrogen-bond donors (Lipinski definition) is 0. The van der Waals surface area contributed by atoms with Crippen LogP contribution in [0.5, 0.6) is 5.75 Å². The summed E-state index contributed by atoms with van der Waals surface area (Å²) in [6.07, 6.45) is -4.79. The standard InChI is InChI=1S/C15H11F3O2S/c1-19-9-4-5-11-12(7-9)14(15(16,17)18)20-13(11)8-10-3-2-6-21-10/h2-8,14H,1H3/b13-8-. The first-order valence-corrected chi connectivity index (χ1v) is 7.04. The highest BCUT2D eigenvalue weighted by molar-refractivity contribution is 7.10. The molecule has 1 unspecified atom stereocenters. The minimum absolute atomic E-state index is 0.0876. The number of methoxy groups -OCH3 is 1. The molecule has 1 aliphatic rings. The van der Waals surface area contributed by atoms with E-state index < -0.39 is 12.3 Å². The van der Waals surface area contributed by atoms with Gasteiger partial charge in [0.15, 0.2) is 0 Å². The van der Waals surface area contributed by atoms with E-state index in [1.807, 2.05) is 17.5 Å². The Bertz CT molecular complexity index is 675. The van der Waals surface area contributed by atoms with Crippen molar-refractivity contribution in [3.05, 3.63) is 51.7 Å². The van der Waals surface area contributed by atoms with Crippen LogP contribution in [0.25, 0.3) is 11.8 Å².